The Balaban J connectivity index is 2.33. The van der Waals surface area contributed by atoms with Gasteiger partial charge in [0.25, 0.3) is 0 Å². The second-order valence-electron chi connectivity index (χ2n) is 2.44. The van der Waals surface area contributed by atoms with Gasteiger partial charge in [-0.1, -0.05) is 11.9 Å². The smallest absolute Gasteiger partial charge is 0.139 e. The van der Waals surface area contributed by atoms with Gasteiger partial charge in [0.05, 0.1) is 6.10 Å². The van der Waals surface area contributed by atoms with Crippen LogP contribution in [-0.4, -0.2) is 41.0 Å². The molecule has 0 radical (unpaired) electrons. The molecule has 1 rings (SSSR count). The van der Waals surface area contributed by atoms with Crippen LogP contribution in [0.4, 0.5) is 4.39 Å². The third-order valence-electron chi connectivity index (χ3n) is 1.73. The molecular weight excluding hydrogens is 153 g/mol. The number of rotatable bonds is 1. The second kappa shape index (κ2) is 3.55. The zero-order valence-corrected chi connectivity index (χ0v) is 6.77. The molecule has 0 amide bonds. The zero-order valence-electron chi connectivity index (χ0n) is 5.96. The standard InChI is InChI=1S/C6H12FNOS/c1-10-8-3-2-6(9)5(7)4-8/h5-6,9H,2-4H2,1H3/t5-,6-/m0/s1. The first-order chi connectivity index (χ1) is 4.74. The lowest BCUT2D eigenvalue weighted by molar-refractivity contribution is 0.0330. The number of aliphatic hydroxyl groups is 1. The van der Waals surface area contributed by atoms with Gasteiger partial charge in [-0.05, 0) is 12.7 Å². The highest BCUT2D eigenvalue weighted by Gasteiger charge is 2.26. The van der Waals surface area contributed by atoms with E-state index in [0.29, 0.717) is 13.0 Å². The molecule has 60 valence electrons. The fourth-order valence-corrected chi connectivity index (χ4v) is 1.61. The minimum absolute atomic E-state index is 0.363. The van der Waals surface area contributed by atoms with E-state index < -0.39 is 12.3 Å². The maximum atomic E-state index is 12.7. The number of nitrogens with zero attached hydrogens (tertiary/aromatic N) is 1. The van der Waals surface area contributed by atoms with Gasteiger partial charge in [-0.2, -0.15) is 0 Å². The van der Waals surface area contributed by atoms with E-state index in [4.69, 9.17) is 5.11 Å². The molecule has 2 nitrogen and oxygen atoms in total. The molecule has 0 bridgehead atoms. The van der Waals surface area contributed by atoms with Crippen molar-refractivity contribution in [1.82, 2.24) is 4.31 Å². The van der Waals surface area contributed by atoms with E-state index in [1.807, 2.05) is 10.6 Å². The summed E-state index contributed by atoms with van der Waals surface area (Å²) in [6.45, 7) is 1.16. The van der Waals surface area contributed by atoms with Crippen molar-refractivity contribution < 1.29 is 9.50 Å². The van der Waals surface area contributed by atoms with Crippen LogP contribution in [0.25, 0.3) is 0 Å². The molecule has 0 aliphatic carbocycles. The van der Waals surface area contributed by atoms with Crippen molar-refractivity contribution in [3.05, 3.63) is 0 Å². The molecule has 1 saturated heterocycles. The van der Waals surface area contributed by atoms with Gasteiger partial charge < -0.3 is 5.11 Å². The molecule has 0 aromatic heterocycles. The average molecular weight is 165 g/mol. The molecule has 0 aromatic carbocycles. The summed E-state index contributed by atoms with van der Waals surface area (Å²) in [4.78, 5) is 0. The van der Waals surface area contributed by atoms with E-state index in [0.717, 1.165) is 6.54 Å². The molecule has 1 fully saturated rings. The lowest BCUT2D eigenvalue weighted by atomic mass is 10.1. The summed E-state index contributed by atoms with van der Waals surface area (Å²) >= 11 is 1.53. The van der Waals surface area contributed by atoms with Crippen molar-refractivity contribution in [1.29, 1.82) is 0 Å². The molecule has 1 aliphatic rings. The minimum Gasteiger partial charge on any atom is -0.390 e. The summed E-state index contributed by atoms with van der Waals surface area (Å²) in [6, 6.07) is 0. The van der Waals surface area contributed by atoms with Gasteiger partial charge in [-0.3, -0.25) is 0 Å². The lowest BCUT2D eigenvalue weighted by Gasteiger charge is -2.29. The Morgan fingerprint density at radius 3 is 2.90 bits per heavy atom. The van der Waals surface area contributed by atoms with E-state index >= 15 is 0 Å². The van der Waals surface area contributed by atoms with Gasteiger partial charge in [0.15, 0.2) is 0 Å². The average Bonchev–Trinajstić information content (AvgIpc) is 1.95. The molecule has 0 unspecified atom stereocenters. The van der Waals surface area contributed by atoms with Crippen molar-refractivity contribution in [2.24, 2.45) is 0 Å². The van der Waals surface area contributed by atoms with Crippen LogP contribution in [0.15, 0.2) is 0 Å². The summed E-state index contributed by atoms with van der Waals surface area (Å²) in [5.41, 5.74) is 0. The number of alkyl halides is 1. The van der Waals surface area contributed by atoms with Crippen LogP contribution in [0.5, 0.6) is 0 Å². The highest BCUT2D eigenvalue weighted by molar-refractivity contribution is 7.96. The maximum absolute atomic E-state index is 12.7. The third kappa shape index (κ3) is 1.84. The first-order valence-electron chi connectivity index (χ1n) is 3.35. The normalized spacial score (nSPS) is 36.3. The van der Waals surface area contributed by atoms with Gasteiger partial charge in [0, 0.05) is 13.1 Å². The van der Waals surface area contributed by atoms with E-state index in [2.05, 4.69) is 0 Å². The Labute approximate surface area is 64.5 Å². The molecule has 0 aromatic rings. The van der Waals surface area contributed by atoms with Crippen molar-refractivity contribution in [2.45, 2.75) is 18.7 Å². The van der Waals surface area contributed by atoms with Gasteiger partial charge in [-0.15, -0.1) is 0 Å². The molecule has 4 heteroatoms. The van der Waals surface area contributed by atoms with E-state index in [1.54, 1.807) is 0 Å². The van der Waals surface area contributed by atoms with Crippen LogP contribution >= 0.6 is 11.9 Å². The SMILES string of the molecule is CSN1CC[C@H](O)[C@@H](F)C1. The second-order valence-corrected chi connectivity index (χ2v) is 3.32. The largest absolute Gasteiger partial charge is 0.390 e. The molecule has 1 N–H and O–H groups in total. The zero-order chi connectivity index (χ0) is 7.56. The Hall–Kier alpha value is 0.200. The molecule has 1 heterocycles. The van der Waals surface area contributed by atoms with Gasteiger partial charge in [-0.25, -0.2) is 8.70 Å². The third-order valence-corrected chi connectivity index (χ3v) is 2.58. The minimum atomic E-state index is -1.05. The Morgan fingerprint density at radius 2 is 2.40 bits per heavy atom. The first-order valence-corrected chi connectivity index (χ1v) is 4.53. The number of hydrogen-bond donors (Lipinski definition) is 1. The van der Waals surface area contributed by atoms with Crippen LogP contribution in [-0.2, 0) is 0 Å². The Kier molecular flexibility index (Phi) is 2.95. The highest BCUT2D eigenvalue weighted by Crippen LogP contribution is 2.18. The summed E-state index contributed by atoms with van der Waals surface area (Å²) < 4.78 is 14.6. The van der Waals surface area contributed by atoms with E-state index in [9.17, 15) is 4.39 Å². The fourth-order valence-electron chi connectivity index (χ4n) is 1.03. The van der Waals surface area contributed by atoms with Crippen LogP contribution in [0.3, 0.4) is 0 Å². The molecule has 0 spiro atoms. The topological polar surface area (TPSA) is 23.5 Å². The quantitative estimate of drug-likeness (QED) is 0.578. The van der Waals surface area contributed by atoms with Gasteiger partial charge >= 0.3 is 0 Å². The van der Waals surface area contributed by atoms with Crippen molar-refractivity contribution in [3.8, 4) is 0 Å². The molecule has 1 aliphatic heterocycles. The number of aliphatic hydroxyl groups excluding tert-OH is 1. The predicted octanol–water partition coefficient (Wildman–Crippen LogP) is 0.669. The first kappa shape index (κ1) is 8.30. The van der Waals surface area contributed by atoms with Crippen LogP contribution in [0.1, 0.15) is 6.42 Å². The van der Waals surface area contributed by atoms with E-state index in [1.165, 1.54) is 11.9 Å². The Bertz CT molecular complexity index is 114. The highest BCUT2D eigenvalue weighted by atomic mass is 32.2. The summed E-state index contributed by atoms with van der Waals surface area (Å²) in [6.07, 6.45) is 0.691. The molecular formula is C6H12FNOS. The molecule has 2 atom stereocenters. The van der Waals surface area contributed by atoms with Gasteiger partial charge in [0.2, 0.25) is 0 Å². The van der Waals surface area contributed by atoms with Crippen LogP contribution < -0.4 is 0 Å². The monoisotopic (exact) mass is 165 g/mol. The van der Waals surface area contributed by atoms with Crippen molar-refractivity contribution in [2.75, 3.05) is 19.3 Å². The number of halogens is 1. The van der Waals surface area contributed by atoms with Gasteiger partial charge in [0.1, 0.15) is 6.17 Å². The predicted molar refractivity (Wildman–Crippen MR) is 40.6 cm³/mol. The Morgan fingerprint density at radius 1 is 1.70 bits per heavy atom. The number of piperidine rings is 1. The van der Waals surface area contributed by atoms with E-state index in [-0.39, 0.29) is 0 Å². The number of hydrogen-bond acceptors (Lipinski definition) is 3. The summed E-state index contributed by atoms with van der Waals surface area (Å²) in [7, 11) is 0. The molecule has 0 saturated carbocycles. The molecule has 10 heavy (non-hydrogen) atoms. The van der Waals surface area contributed by atoms with Crippen molar-refractivity contribution >= 4 is 11.9 Å². The van der Waals surface area contributed by atoms with Crippen LogP contribution in [0, 0.1) is 0 Å². The van der Waals surface area contributed by atoms with Crippen molar-refractivity contribution in [3.63, 3.8) is 0 Å². The summed E-state index contributed by atoms with van der Waals surface area (Å²) in [5, 5.41) is 8.98. The fraction of sp³-hybridized carbons (Fsp3) is 1.00. The summed E-state index contributed by atoms with van der Waals surface area (Å²) in [5.74, 6) is 0. The lowest BCUT2D eigenvalue weighted by Crippen LogP contribution is -2.41. The maximum Gasteiger partial charge on any atom is 0.139 e. The van der Waals surface area contributed by atoms with Crippen LogP contribution in [0.2, 0.25) is 0 Å².